The monoisotopic (exact) mass is 398 g/mol. The number of ether oxygens (including phenoxy) is 2. The zero-order valence-corrected chi connectivity index (χ0v) is 17.3. The Labute approximate surface area is 169 Å². The molecule has 0 aliphatic carbocycles. The number of fused-ring (bicyclic) bond motifs is 1. The minimum atomic E-state index is -0.159. The Morgan fingerprint density at radius 1 is 1.11 bits per heavy atom. The molecule has 0 fully saturated rings. The van der Waals surface area contributed by atoms with E-state index in [1.54, 1.807) is 11.3 Å². The predicted octanol–water partition coefficient (Wildman–Crippen LogP) is 4.31. The van der Waals surface area contributed by atoms with E-state index in [0.29, 0.717) is 19.8 Å². The molecule has 0 aliphatic heterocycles. The van der Waals surface area contributed by atoms with E-state index in [0.717, 1.165) is 21.0 Å². The van der Waals surface area contributed by atoms with E-state index < -0.39 is 0 Å². The number of nitrogens with one attached hydrogen (secondary N) is 1. The first-order valence-corrected chi connectivity index (χ1v) is 10.2. The second-order valence-electron chi connectivity index (χ2n) is 7.54. The van der Waals surface area contributed by atoms with E-state index in [9.17, 15) is 4.79 Å². The van der Waals surface area contributed by atoms with Crippen molar-refractivity contribution in [2.24, 2.45) is 0 Å². The van der Waals surface area contributed by atoms with Crippen molar-refractivity contribution in [2.75, 3.05) is 19.8 Å². The number of nitrogens with zero attached hydrogens (tertiary/aromatic N) is 1. The number of thiazole rings is 1. The lowest BCUT2D eigenvalue weighted by Crippen LogP contribution is -2.31. The second-order valence-corrected chi connectivity index (χ2v) is 8.66. The lowest BCUT2D eigenvalue weighted by atomic mass is 9.87. The first-order chi connectivity index (χ1) is 13.4. The maximum absolute atomic E-state index is 11.9. The maximum Gasteiger partial charge on any atom is 0.246 e. The zero-order chi connectivity index (χ0) is 20.0. The van der Waals surface area contributed by atoms with E-state index >= 15 is 0 Å². The number of carbonyl (C=O) groups excluding carboxylic acids is 1. The summed E-state index contributed by atoms with van der Waals surface area (Å²) in [6.45, 7) is 7.73. The Morgan fingerprint density at radius 3 is 2.57 bits per heavy atom. The molecule has 1 amide bonds. The number of amides is 1. The summed E-state index contributed by atoms with van der Waals surface area (Å²) in [5, 5.41) is 3.67. The van der Waals surface area contributed by atoms with Gasteiger partial charge in [-0.1, -0.05) is 45.0 Å². The quantitative estimate of drug-likeness (QED) is 0.575. The molecule has 3 aromatic rings. The van der Waals surface area contributed by atoms with Crippen LogP contribution in [0.25, 0.3) is 10.2 Å². The van der Waals surface area contributed by atoms with Gasteiger partial charge in [0, 0.05) is 0 Å². The molecule has 0 spiro atoms. The predicted molar refractivity (Wildman–Crippen MR) is 113 cm³/mol. The van der Waals surface area contributed by atoms with Crippen LogP contribution in [0.2, 0.25) is 0 Å². The SMILES string of the molecule is CC(C)(C)c1ccc(OCCNC(=O)COCc2nc3ccccc3s2)cc1. The highest BCUT2D eigenvalue weighted by Gasteiger charge is 2.13. The molecule has 1 aromatic heterocycles. The Morgan fingerprint density at radius 2 is 1.86 bits per heavy atom. The molecule has 0 bridgehead atoms. The first-order valence-electron chi connectivity index (χ1n) is 9.34. The molecule has 0 unspecified atom stereocenters. The highest BCUT2D eigenvalue weighted by molar-refractivity contribution is 7.18. The summed E-state index contributed by atoms with van der Waals surface area (Å²) in [7, 11) is 0. The van der Waals surface area contributed by atoms with E-state index in [4.69, 9.17) is 9.47 Å². The molecule has 6 heteroatoms. The van der Waals surface area contributed by atoms with Crippen LogP contribution < -0.4 is 10.1 Å². The molecule has 28 heavy (non-hydrogen) atoms. The lowest BCUT2D eigenvalue weighted by molar-refractivity contribution is -0.126. The van der Waals surface area contributed by atoms with Crippen LogP contribution in [0, 0.1) is 0 Å². The van der Waals surface area contributed by atoms with Gasteiger partial charge in [0.05, 0.1) is 23.4 Å². The van der Waals surface area contributed by atoms with E-state index in [1.165, 1.54) is 5.56 Å². The summed E-state index contributed by atoms with van der Waals surface area (Å²) >= 11 is 1.58. The fourth-order valence-corrected chi connectivity index (χ4v) is 3.58. The number of hydrogen-bond acceptors (Lipinski definition) is 5. The van der Waals surface area contributed by atoms with Crippen molar-refractivity contribution in [3.63, 3.8) is 0 Å². The van der Waals surface area contributed by atoms with E-state index in [2.05, 4.69) is 43.2 Å². The molecule has 148 valence electrons. The van der Waals surface area contributed by atoms with Gasteiger partial charge in [-0.2, -0.15) is 0 Å². The molecule has 0 saturated carbocycles. The topological polar surface area (TPSA) is 60.5 Å². The normalized spacial score (nSPS) is 11.5. The van der Waals surface area contributed by atoms with Gasteiger partial charge in [0.1, 0.15) is 24.0 Å². The van der Waals surface area contributed by atoms with Gasteiger partial charge in [0.15, 0.2) is 0 Å². The summed E-state index contributed by atoms with van der Waals surface area (Å²) in [4.78, 5) is 16.3. The fourth-order valence-electron chi connectivity index (χ4n) is 2.67. The van der Waals surface area contributed by atoms with Crippen molar-refractivity contribution in [3.8, 4) is 5.75 Å². The maximum atomic E-state index is 11.9. The van der Waals surface area contributed by atoms with Crippen LogP contribution >= 0.6 is 11.3 Å². The Hall–Kier alpha value is -2.44. The highest BCUT2D eigenvalue weighted by Crippen LogP contribution is 2.24. The number of para-hydroxylation sites is 1. The average Bonchev–Trinajstić information content (AvgIpc) is 3.08. The minimum absolute atomic E-state index is 0.0101. The third-order valence-electron chi connectivity index (χ3n) is 4.21. The third kappa shape index (κ3) is 5.78. The Bertz CT molecular complexity index is 880. The minimum Gasteiger partial charge on any atom is -0.492 e. The van der Waals surface area contributed by atoms with Crippen molar-refractivity contribution in [1.82, 2.24) is 10.3 Å². The van der Waals surface area contributed by atoms with Gasteiger partial charge >= 0.3 is 0 Å². The largest absolute Gasteiger partial charge is 0.492 e. The first kappa shape index (κ1) is 20.3. The third-order valence-corrected chi connectivity index (χ3v) is 5.22. The molecule has 5 nitrogen and oxygen atoms in total. The van der Waals surface area contributed by atoms with Gasteiger partial charge in [-0.3, -0.25) is 4.79 Å². The van der Waals surface area contributed by atoms with Crippen LogP contribution in [0.5, 0.6) is 5.75 Å². The second kappa shape index (κ2) is 9.17. The number of carbonyl (C=O) groups is 1. The molecular formula is C22H26N2O3S. The van der Waals surface area contributed by atoms with Crippen molar-refractivity contribution in [2.45, 2.75) is 32.8 Å². The van der Waals surface area contributed by atoms with Crippen LogP contribution in [0.1, 0.15) is 31.3 Å². The van der Waals surface area contributed by atoms with Gasteiger partial charge in [-0.15, -0.1) is 11.3 Å². The number of benzene rings is 2. The molecule has 2 aromatic carbocycles. The molecule has 0 aliphatic rings. The van der Waals surface area contributed by atoms with Crippen LogP contribution in [0.4, 0.5) is 0 Å². The summed E-state index contributed by atoms with van der Waals surface area (Å²) in [6.07, 6.45) is 0. The number of hydrogen-bond donors (Lipinski definition) is 1. The molecule has 1 N–H and O–H groups in total. The van der Waals surface area contributed by atoms with Gasteiger partial charge in [0.2, 0.25) is 5.91 Å². The summed E-state index contributed by atoms with van der Waals surface area (Å²) < 4.78 is 12.3. The Kier molecular flexibility index (Phi) is 6.65. The van der Waals surface area contributed by atoms with Crippen LogP contribution in [0.3, 0.4) is 0 Å². The number of rotatable bonds is 8. The van der Waals surface area contributed by atoms with Crippen molar-refractivity contribution in [3.05, 3.63) is 59.1 Å². The molecule has 0 saturated heterocycles. The molecule has 3 rings (SSSR count). The lowest BCUT2D eigenvalue weighted by Gasteiger charge is -2.19. The summed E-state index contributed by atoms with van der Waals surface area (Å²) in [5.41, 5.74) is 2.35. The van der Waals surface area contributed by atoms with Gasteiger partial charge in [-0.05, 0) is 35.2 Å². The molecule has 1 heterocycles. The van der Waals surface area contributed by atoms with Gasteiger partial charge < -0.3 is 14.8 Å². The molecule has 0 radical (unpaired) electrons. The van der Waals surface area contributed by atoms with E-state index in [-0.39, 0.29) is 17.9 Å². The van der Waals surface area contributed by atoms with Crippen molar-refractivity contribution >= 4 is 27.5 Å². The van der Waals surface area contributed by atoms with Crippen LogP contribution in [-0.2, 0) is 21.6 Å². The Balaban J connectivity index is 1.32. The van der Waals surface area contributed by atoms with Gasteiger partial charge in [0.25, 0.3) is 0 Å². The molecular weight excluding hydrogens is 372 g/mol. The zero-order valence-electron chi connectivity index (χ0n) is 16.5. The summed E-state index contributed by atoms with van der Waals surface area (Å²) in [6, 6.07) is 16.0. The van der Waals surface area contributed by atoms with Crippen molar-refractivity contribution < 1.29 is 14.3 Å². The molecule has 0 atom stereocenters. The van der Waals surface area contributed by atoms with Crippen LogP contribution in [-0.4, -0.2) is 30.6 Å². The van der Waals surface area contributed by atoms with Crippen LogP contribution in [0.15, 0.2) is 48.5 Å². The fraction of sp³-hybridized carbons (Fsp3) is 0.364. The number of aromatic nitrogens is 1. The average molecular weight is 399 g/mol. The van der Waals surface area contributed by atoms with E-state index in [1.807, 2.05) is 36.4 Å². The highest BCUT2D eigenvalue weighted by atomic mass is 32.1. The standard InChI is InChI=1S/C22H26N2O3S/c1-22(2,3)16-8-10-17(11-9-16)27-13-12-23-20(25)14-26-15-21-24-18-6-4-5-7-19(18)28-21/h4-11H,12-15H2,1-3H3,(H,23,25). The smallest absolute Gasteiger partial charge is 0.246 e. The van der Waals surface area contributed by atoms with Crippen molar-refractivity contribution in [1.29, 1.82) is 0 Å². The van der Waals surface area contributed by atoms with Gasteiger partial charge in [-0.25, -0.2) is 4.98 Å². The summed E-state index contributed by atoms with van der Waals surface area (Å²) in [5.74, 6) is 0.641.